The molecule has 1 aliphatic rings. The van der Waals surface area contributed by atoms with Crippen molar-refractivity contribution in [2.75, 3.05) is 0 Å². The zero-order valence-electron chi connectivity index (χ0n) is 8.62. The monoisotopic (exact) mass is 188 g/mol. The third-order valence-electron chi connectivity index (χ3n) is 3.08. The molecule has 0 heterocycles. The van der Waals surface area contributed by atoms with Crippen LogP contribution in [-0.4, -0.2) is 6.29 Å². The van der Waals surface area contributed by atoms with E-state index in [1.807, 2.05) is 6.07 Å². The second kappa shape index (κ2) is 3.95. The van der Waals surface area contributed by atoms with E-state index in [9.17, 15) is 4.79 Å². The molecule has 1 unspecified atom stereocenters. The average molecular weight is 188 g/mol. The van der Waals surface area contributed by atoms with Gasteiger partial charge in [-0.15, -0.1) is 0 Å². The molecule has 1 aliphatic carbocycles. The number of carbonyl (C=O) groups excluding carboxylic acids is 1. The van der Waals surface area contributed by atoms with Gasteiger partial charge in [0.05, 0.1) is 0 Å². The van der Waals surface area contributed by atoms with Gasteiger partial charge in [0.25, 0.3) is 0 Å². The normalized spacial score (nSPS) is 19.4. The maximum absolute atomic E-state index is 10.6. The highest BCUT2D eigenvalue weighted by Gasteiger charge is 2.20. The van der Waals surface area contributed by atoms with Crippen molar-refractivity contribution in [2.45, 2.75) is 32.6 Å². The molecule has 0 saturated carbocycles. The first-order valence-electron chi connectivity index (χ1n) is 5.40. The van der Waals surface area contributed by atoms with Gasteiger partial charge in [0.2, 0.25) is 0 Å². The Hall–Kier alpha value is -1.11. The van der Waals surface area contributed by atoms with E-state index in [1.165, 1.54) is 36.8 Å². The van der Waals surface area contributed by atoms with Crippen LogP contribution in [0.1, 0.15) is 41.3 Å². The molecule has 74 valence electrons. The molecule has 0 radical (unpaired) electrons. The quantitative estimate of drug-likeness (QED) is 0.666. The third kappa shape index (κ3) is 1.72. The zero-order valence-corrected chi connectivity index (χ0v) is 8.62. The summed E-state index contributed by atoms with van der Waals surface area (Å²) in [6.07, 6.45) is 5.89. The summed E-state index contributed by atoms with van der Waals surface area (Å²) in [4.78, 5) is 10.6. The molecular weight excluding hydrogens is 172 g/mol. The first kappa shape index (κ1) is 9.45. The Balaban J connectivity index is 2.18. The van der Waals surface area contributed by atoms with Crippen LogP contribution in [0.25, 0.3) is 0 Å². The van der Waals surface area contributed by atoms with Crippen molar-refractivity contribution in [1.29, 1.82) is 0 Å². The maximum atomic E-state index is 10.6. The minimum atomic E-state index is 0.817. The molecule has 0 spiro atoms. The van der Waals surface area contributed by atoms with E-state index in [2.05, 4.69) is 19.1 Å². The molecule has 1 aromatic rings. The Morgan fingerprint density at radius 3 is 2.86 bits per heavy atom. The Labute approximate surface area is 85.1 Å². The Bertz CT molecular complexity index is 341. The number of hydrogen-bond acceptors (Lipinski definition) is 1. The molecular formula is C13H16O. The lowest BCUT2D eigenvalue weighted by molar-refractivity contribution is 0.112. The topological polar surface area (TPSA) is 17.1 Å². The molecule has 0 bridgehead atoms. The Kier molecular flexibility index (Phi) is 2.67. The fourth-order valence-corrected chi connectivity index (χ4v) is 2.41. The summed E-state index contributed by atoms with van der Waals surface area (Å²) in [6.45, 7) is 2.24. The minimum Gasteiger partial charge on any atom is -0.298 e. The molecule has 1 aromatic carbocycles. The molecule has 0 amide bonds. The van der Waals surface area contributed by atoms with Gasteiger partial charge < -0.3 is 0 Å². The summed E-state index contributed by atoms with van der Waals surface area (Å²) in [5.74, 6) is 0.817. The largest absolute Gasteiger partial charge is 0.298 e. The van der Waals surface area contributed by atoms with Crippen molar-refractivity contribution in [2.24, 2.45) is 5.92 Å². The first-order chi connectivity index (χ1) is 6.83. The van der Waals surface area contributed by atoms with Gasteiger partial charge in [0.1, 0.15) is 6.29 Å². The number of benzene rings is 1. The van der Waals surface area contributed by atoms with E-state index in [-0.39, 0.29) is 0 Å². The fraction of sp³-hybridized carbons (Fsp3) is 0.462. The lowest BCUT2D eigenvalue weighted by Gasteiger charge is -2.04. The fourth-order valence-electron chi connectivity index (χ4n) is 2.41. The van der Waals surface area contributed by atoms with Gasteiger partial charge >= 0.3 is 0 Å². The van der Waals surface area contributed by atoms with Gasteiger partial charge in [0, 0.05) is 5.56 Å². The smallest absolute Gasteiger partial charge is 0.150 e. The van der Waals surface area contributed by atoms with Crippen molar-refractivity contribution in [1.82, 2.24) is 0 Å². The van der Waals surface area contributed by atoms with Crippen molar-refractivity contribution >= 4 is 6.29 Å². The van der Waals surface area contributed by atoms with E-state index < -0.39 is 0 Å². The van der Waals surface area contributed by atoms with E-state index >= 15 is 0 Å². The van der Waals surface area contributed by atoms with Crippen molar-refractivity contribution < 1.29 is 4.79 Å². The second-order valence-electron chi connectivity index (χ2n) is 4.21. The summed E-state index contributed by atoms with van der Waals surface area (Å²) < 4.78 is 0. The van der Waals surface area contributed by atoms with Crippen LogP contribution < -0.4 is 0 Å². The van der Waals surface area contributed by atoms with Gasteiger partial charge in [-0.25, -0.2) is 0 Å². The standard InChI is InChI=1S/C13H16O/c1-2-3-10-6-12-5-4-11(9-14)8-13(12)7-10/h4-5,8-10H,2-3,6-7H2,1H3. The number of aldehydes is 1. The summed E-state index contributed by atoms with van der Waals surface area (Å²) in [6, 6.07) is 6.10. The average Bonchev–Trinajstić information content (AvgIpc) is 2.59. The van der Waals surface area contributed by atoms with Gasteiger partial charge in [-0.1, -0.05) is 31.9 Å². The van der Waals surface area contributed by atoms with Gasteiger partial charge in [0.15, 0.2) is 0 Å². The molecule has 0 aliphatic heterocycles. The summed E-state index contributed by atoms with van der Waals surface area (Å²) in [5, 5.41) is 0. The van der Waals surface area contributed by atoms with E-state index in [0.29, 0.717) is 0 Å². The van der Waals surface area contributed by atoms with Crippen LogP contribution in [0, 0.1) is 5.92 Å². The summed E-state index contributed by atoms with van der Waals surface area (Å²) >= 11 is 0. The van der Waals surface area contributed by atoms with Crippen LogP contribution in [0.4, 0.5) is 0 Å². The number of fused-ring (bicyclic) bond motifs is 1. The van der Waals surface area contributed by atoms with Crippen LogP contribution in [0.3, 0.4) is 0 Å². The van der Waals surface area contributed by atoms with Gasteiger partial charge in [-0.05, 0) is 36.0 Å². The number of hydrogen-bond donors (Lipinski definition) is 0. The molecule has 1 nitrogen and oxygen atoms in total. The molecule has 2 rings (SSSR count). The highest BCUT2D eigenvalue weighted by molar-refractivity contribution is 5.75. The summed E-state index contributed by atoms with van der Waals surface area (Å²) in [7, 11) is 0. The molecule has 1 heteroatoms. The minimum absolute atomic E-state index is 0.817. The Morgan fingerprint density at radius 2 is 2.14 bits per heavy atom. The second-order valence-corrected chi connectivity index (χ2v) is 4.21. The lowest BCUT2D eigenvalue weighted by atomic mass is 10.0. The van der Waals surface area contributed by atoms with Crippen molar-refractivity contribution in [3.05, 3.63) is 34.9 Å². The third-order valence-corrected chi connectivity index (χ3v) is 3.08. The molecule has 0 aromatic heterocycles. The van der Waals surface area contributed by atoms with Crippen LogP contribution in [0.5, 0.6) is 0 Å². The first-order valence-corrected chi connectivity index (χ1v) is 5.40. The van der Waals surface area contributed by atoms with Gasteiger partial charge in [-0.2, -0.15) is 0 Å². The van der Waals surface area contributed by atoms with Crippen LogP contribution in [0.15, 0.2) is 18.2 Å². The van der Waals surface area contributed by atoms with Gasteiger partial charge in [-0.3, -0.25) is 4.79 Å². The Morgan fingerprint density at radius 1 is 1.36 bits per heavy atom. The molecule has 14 heavy (non-hydrogen) atoms. The molecule has 0 fully saturated rings. The van der Waals surface area contributed by atoms with Crippen LogP contribution >= 0.6 is 0 Å². The summed E-state index contributed by atoms with van der Waals surface area (Å²) in [5.41, 5.74) is 3.67. The highest BCUT2D eigenvalue weighted by atomic mass is 16.1. The maximum Gasteiger partial charge on any atom is 0.150 e. The van der Waals surface area contributed by atoms with Crippen LogP contribution in [-0.2, 0) is 12.8 Å². The highest BCUT2D eigenvalue weighted by Crippen LogP contribution is 2.29. The van der Waals surface area contributed by atoms with Crippen LogP contribution in [0.2, 0.25) is 0 Å². The zero-order chi connectivity index (χ0) is 9.97. The predicted molar refractivity (Wildman–Crippen MR) is 57.6 cm³/mol. The van der Waals surface area contributed by atoms with Crippen molar-refractivity contribution in [3.8, 4) is 0 Å². The molecule has 1 atom stereocenters. The number of rotatable bonds is 3. The molecule has 0 N–H and O–H groups in total. The van der Waals surface area contributed by atoms with E-state index in [1.54, 1.807) is 0 Å². The number of carbonyl (C=O) groups is 1. The lowest BCUT2D eigenvalue weighted by Crippen LogP contribution is -1.97. The SMILES string of the molecule is CCCC1Cc2ccc(C=O)cc2C1. The molecule has 0 saturated heterocycles. The van der Waals surface area contributed by atoms with E-state index in [0.717, 1.165) is 17.8 Å². The predicted octanol–water partition coefficient (Wildman–Crippen LogP) is 3.01. The van der Waals surface area contributed by atoms with E-state index in [4.69, 9.17) is 0 Å². The van der Waals surface area contributed by atoms with Crippen molar-refractivity contribution in [3.63, 3.8) is 0 Å².